The predicted molar refractivity (Wildman–Crippen MR) is 99.9 cm³/mol. The van der Waals surface area contributed by atoms with Gasteiger partial charge in [-0.2, -0.15) is 0 Å². The van der Waals surface area contributed by atoms with Crippen LogP contribution in [0.4, 0.5) is 0 Å². The van der Waals surface area contributed by atoms with Crippen LogP contribution >= 0.6 is 0 Å². The highest BCUT2D eigenvalue weighted by Crippen LogP contribution is 2.35. The van der Waals surface area contributed by atoms with Gasteiger partial charge in [-0.25, -0.2) is 0 Å². The van der Waals surface area contributed by atoms with E-state index in [0.717, 1.165) is 18.8 Å². The summed E-state index contributed by atoms with van der Waals surface area (Å²) in [5, 5.41) is 4.89. The average Bonchev–Trinajstić information content (AvgIpc) is 2.51. The monoisotopic (exact) mass is 296 g/mol. The highest BCUT2D eigenvalue weighted by atomic mass is 16.5. The third kappa shape index (κ3) is 3.41. The first-order valence-corrected chi connectivity index (χ1v) is 7.33. The largest absolute Gasteiger partial charge is 0.492 e. The molecule has 22 heavy (non-hydrogen) atoms. The van der Waals surface area contributed by atoms with Crippen molar-refractivity contribution in [3.05, 3.63) is 54.6 Å². The summed E-state index contributed by atoms with van der Waals surface area (Å²) in [6.07, 6.45) is 1.14. The van der Waals surface area contributed by atoms with Gasteiger partial charge >= 0.3 is 0 Å². The first-order chi connectivity index (χ1) is 9.79. The van der Waals surface area contributed by atoms with Crippen molar-refractivity contribution in [2.45, 2.75) is 35.1 Å². The molecule has 0 N–H and O–H groups in total. The van der Waals surface area contributed by atoms with E-state index >= 15 is 0 Å². The summed E-state index contributed by atoms with van der Waals surface area (Å²) in [5.74, 6) is 1.60. The zero-order chi connectivity index (χ0) is 13.9. The molecule has 0 aliphatic rings. The Kier molecular flexibility index (Phi) is 6.42. The Morgan fingerprint density at radius 1 is 0.864 bits per heavy atom. The quantitative estimate of drug-likeness (QED) is 0.487. The molecule has 3 aromatic rings. The lowest BCUT2D eigenvalue weighted by atomic mass is 10.0. The molecule has 0 radical (unpaired) electrons. The number of ether oxygens (including phenoxy) is 1. The molecular weight excluding hydrogens is 268 g/mol. The van der Waals surface area contributed by atoms with Crippen molar-refractivity contribution in [2.75, 3.05) is 6.61 Å². The minimum Gasteiger partial charge on any atom is -0.492 e. The van der Waals surface area contributed by atoms with E-state index in [-0.39, 0.29) is 14.9 Å². The van der Waals surface area contributed by atoms with Crippen LogP contribution in [0.15, 0.2) is 54.6 Å². The Hall–Kier alpha value is -2.02. The molecule has 0 heterocycles. The van der Waals surface area contributed by atoms with E-state index in [0.29, 0.717) is 5.92 Å². The molecule has 1 nitrogen and oxygen atoms in total. The van der Waals surface area contributed by atoms with Crippen molar-refractivity contribution >= 4 is 21.5 Å². The van der Waals surface area contributed by atoms with E-state index in [1.807, 2.05) is 0 Å². The van der Waals surface area contributed by atoms with Gasteiger partial charge in [-0.1, -0.05) is 83.7 Å². The van der Waals surface area contributed by atoms with E-state index in [4.69, 9.17) is 4.74 Å². The van der Waals surface area contributed by atoms with Crippen LogP contribution in [0.2, 0.25) is 0 Å². The van der Waals surface area contributed by atoms with E-state index in [9.17, 15) is 0 Å². The second-order valence-electron chi connectivity index (χ2n) is 5.47. The van der Waals surface area contributed by atoms with Gasteiger partial charge in [0.15, 0.2) is 0 Å². The summed E-state index contributed by atoms with van der Waals surface area (Å²) >= 11 is 0. The summed E-state index contributed by atoms with van der Waals surface area (Å²) in [7, 11) is 0. The average molecular weight is 296 g/mol. The minimum absolute atomic E-state index is 0. The molecule has 3 aromatic carbocycles. The standard InChI is InChI=1S/C19H20O.2CH4/c1-3-14(2)13-20-19-17-10-6-4-8-15(17)12-16-9-5-7-11-18(16)19;;/h4-12,14H,3,13H2,1-2H3;2*1H4. The van der Waals surface area contributed by atoms with Crippen molar-refractivity contribution in [2.24, 2.45) is 5.92 Å². The zero-order valence-electron chi connectivity index (χ0n) is 12.1. The summed E-state index contributed by atoms with van der Waals surface area (Å²) in [5.41, 5.74) is 0. The van der Waals surface area contributed by atoms with Crippen LogP contribution in [0.5, 0.6) is 5.75 Å². The summed E-state index contributed by atoms with van der Waals surface area (Å²) in [4.78, 5) is 0. The maximum absolute atomic E-state index is 6.19. The lowest BCUT2D eigenvalue weighted by molar-refractivity contribution is 0.262. The summed E-state index contributed by atoms with van der Waals surface area (Å²) in [6.45, 7) is 5.21. The van der Waals surface area contributed by atoms with Gasteiger partial charge in [0.2, 0.25) is 0 Å². The summed E-state index contributed by atoms with van der Waals surface area (Å²) in [6, 6.07) is 19.1. The van der Waals surface area contributed by atoms with Crippen molar-refractivity contribution in [1.82, 2.24) is 0 Å². The molecule has 1 heteroatoms. The summed E-state index contributed by atoms with van der Waals surface area (Å²) < 4.78 is 6.19. The first kappa shape index (κ1) is 18.0. The molecule has 0 saturated carbocycles. The maximum Gasteiger partial charge on any atom is 0.134 e. The van der Waals surface area contributed by atoms with E-state index in [1.165, 1.54) is 21.5 Å². The van der Waals surface area contributed by atoms with Gasteiger partial charge in [-0.05, 0) is 22.8 Å². The second kappa shape index (κ2) is 7.84. The van der Waals surface area contributed by atoms with Crippen LogP contribution < -0.4 is 4.74 Å². The molecule has 0 aromatic heterocycles. The van der Waals surface area contributed by atoms with Crippen LogP contribution in [-0.4, -0.2) is 6.61 Å². The van der Waals surface area contributed by atoms with Crippen molar-refractivity contribution < 1.29 is 4.74 Å². The smallest absolute Gasteiger partial charge is 0.134 e. The van der Waals surface area contributed by atoms with Gasteiger partial charge < -0.3 is 4.74 Å². The normalized spacial score (nSPS) is 11.5. The Bertz CT molecular complexity index is 676. The molecule has 0 aliphatic heterocycles. The van der Waals surface area contributed by atoms with Crippen molar-refractivity contribution in [1.29, 1.82) is 0 Å². The number of hydrogen-bond acceptors (Lipinski definition) is 1. The van der Waals surface area contributed by atoms with E-state index < -0.39 is 0 Å². The number of fused-ring (bicyclic) bond motifs is 2. The van der Waals surface area contributed by atoms with Gasteiger partial charge in [-0.3, -0.25) is 0 Å². The predicted octanol–water partition coefficient (Wildman–Crippen LogP) is 6.69. The Morgan fingerprint density at radius 3 is 1.86 bits per heavy atom. The Balaban J connectivity index is 0.00000121. The Labute approximate surface area is 134 Å². The highest BCUT2D eigenvalue weighted by Gasteiger charge is 2.09. The number of hydrogen-bond donors (Lipinski definition) is 0. The SMILES string of the molecule is C.C.CCC(C)COc1c2ccccc2cc2ccccc12. The highest BCUT2D eigenvalue weighted by molar-refractivity contribution is 6.05. The maximum atomic E-state index is 6.19. The van der Waals surface area contributed by atoms with Gasteiger partial charge in [0.1, 0.15) is 5.75 Å². The minimum atomic E-state index is 0. The van der Waals surface area contributed by atoms with Crippen LogP contribution in [0.25, 0.3) is 21.5 Å². The number of benzene rings is 3. The second-order valence-corrected chi connectivity index (χ2v) is 5.47. The molecule has 0 fully saturated rings. The molecular formula is C21H28O. The molecule has 0 amide bonds. The van der Waals surface area contributed by atoms with Crippen LogP contribution in [0.1, 0.15) is 35.1 Å². The number of rotatable bonds is 4. The lowest BCUT2D eigenvalue weighted by Crippen LogP contribution is -2.07. The van der Waals surface area contributed by atoms with Crippen LogP contribution in [-0.2, 0) is 0 Å². The molecule has 3 rings (SSSR count). The van der Waals surface area contributed by atoms with Crippen molar-refractivity contribution in [3.8, 4) is 5.75 Å². The third-order valence-electron chi connectivity index (χ3n) is 3.93. The zero-order valence-corrected chi connectivity index (χ0v) is 12.1. The van der Waals surface area contributed by atoms with Crippen molar-refractivity contribution in [3.63, 3.8) is 0 Å². The lowest BCUT2D eigenvalue weighted by Gasteiger charge is -2.15. The molecule has 0 aliphatic carbocycles. The fraction of sp³-hybridized carbons (Fsp3) is 0.333. The van der Waals surface area contributed by atoms with E-state index in [2.05, 4.69) is 68.4 Å². The van der Waals surface area contributed by atoms with Gasteiger partial charge in [0.05, 0.1) is 6.61 Å². The van der Waals surface area contributed by atoms with E-state index in [1.54, 1.807) is 0 Å². The molecule has 1 unspecified atom stereocenters. The molecule has 118 valence electrons. The third-order valence-corrected chi connectivity index (χ3v) is 3.93. The van der Waals surface area contributed by atoms with Crippen LogP contribution in [0, 0.1) is 5.92 Å². The topological polar surface area (TPSA) is 9.23 Å². The molecule has 0 bridgehead atoms. The fourth-order valence-corrected chi connectivity index (χ4v) is 2.47. The van der Waals surface area contributed by atoms with Gasteiger partial charge in [0.25, 0.3) is 0 Å². The van der Waals surface area contributed by atoms with Crippen LogP contribution in [0.3, 0.4) is 0 Å². The fourth-order valence-electron chi connectivity index (χ4n) is 2.47. The first-order valence-electron chi connectivity index (χ1n) is 7.33. The Morgan fingerprint density at radius 2 is 1.36 bits per heavy atom. The van der Waals surface area contributed by atoms with Gasteiger partial charge in [0, 0.05) is 10.8 Å². The molecule has 1 atom stereocenters. The van der Waals surface area contributed by atoms with Gasteiger partial charge in [-0.15, -0.1) is 0 Å². The molecule has 0 spiro atoms. The molecule has 0 saturated heterocycles.